The van der Waals surface area contributed by atoms with Crippen LogP contribution in [0.2, 0.25) is 0 Å². The van der Waals surface area contributed by atoms with Gasteiger partial charge in [-0.2, -0.15) is 0 Å². The lowest BCUT2D eigenvalue weighted by Gasteiger charge is -2.31. The summed E-state index contributed by atoms with van der Waals surface area (Å²) in [5.41, 5.74) is 9.70. The lowest BCUT2D eigenvalue weighted by atomic mass is 9.84. The summed E-state index contributed by atoms with van der Waals surface area (Å²) in [6, 6.07) is 8.08. The molecule has 1 fully saturated rings. The first-order valence-electron chi connectivity index (χ1n) is 9.17. The Bertz CT molecular complexity index is 733. The minimum absolute atomic E-state index is 0. The van der Waals surface area contributed by atoms with Gasteiger partial charge in [-0.05, 0) is 57.4 Å². The van der Waals surface area contributed by atoms with Crippen molar-refractivity contribution < 1.29 is 4.79 Å². The molecule has 1 saturated carbocycles. The van der Waals surface area contributed by atoms with Crippen LogP contribution in [0.4, 0.5) is 0 Å². The van der Waals surface area contributed by atoms with Crippen LogP contribution in [0.5, 0.6) is 0 Å². The molecule has 0 radical (unpaired) electrons. The van der Waals surface area contributed by atoms with E-state index in [0.29, 0.717) is 19.0 Å². The van der Waals surface area contributed by atoms with Crippen LogP contribution in [0.3, 0.4) is 0 Å². The van der Waals surface area contributed by atoms with Gasteiger partial charge in [-0.3, -0.25) is 9.78 Å². The summed E-state index contributed by atoms with van der Waals surface area (Å²) in [7, 11) is 0. The fourth-order valence-electron chi connectivity index (χ4n) is 3.85. The number of carbonyl (C=O) groups is 1. The first-order valence-corrected chi connectivity index (χ1v) is 9.17. The number of aromatic nitrogens is 2. The molecule has 27 heavy (non-hydrogen) atoms. The van der Waals surface area contributed by atoms with E-state index in [1.165, 1.54) is 12.8 Å². The summed E-state index contributed by atoms with van der Waals surface area (Å²) in [5.74, 6) is 0.417. The summed E-state index contributed by atoms with van der Waals surface area (Å²) >= 11 is 0. The number of rotatable bonds is 5. The first-order chi connectivity index (χ1) is 12.1. The van der Waals surface area contributed by atoms with E-state index in [4.69, 9.17) is 5.73 Å². The number of nitrogens with one attached hydrogen (secondary N) is 1. The second-order valence-electron chi connectivity index (χ2n) is 7.05. The minimum atomic E-state index is 0. The van der Waals surface area contributed by atoms with Crippen LogP contribution in [-0.4, -0.2) is 28.0 Å². The van der Waals surface area contributed by atoms with Crippen molar-refractivity contribution in [1.82, 2.24) is 14.9 Å². The molecule has 2 atom stereocenters. The standard InChI is InChI=1S/C20H28N4O.2ClH/c1-14-11-18(15(2)24(14)13-17-8-5-6-10-22-17)20(25)23-19-9-4-3-7-16(19)12-21;;/h5-6,8,10-11,16,19H,3-4,7,9,12-13,21H2,1-2H3,(H,23,25);2*1H. The highest BCUT2D eigenvalue weighted by Crippen LogP contribution is 2.24. The summed E-state index contributed by atoms with van der Waals surface area (Å²) in [5, 5.41) is 3.23. The molecule has 2 aromatic heterocycles. The molecule has 150 valence electrons. The molecule has 3 N–H and O–H groups in total. The normalized spacial score (nSPS) is 18.9. The van der Waals surface area contributed by atoms with Gasteiger partial charge in [0.2, 0.25) is 0 Å². The maximum absolute atomic E-state index is 12.8. The number of amides is 1. The molecule has 1 aliphatic rings. The van der Waals surface area contributed by atoms with Crippen molar-refractivity contribution in [2.24, 2.45) is 11.7 Å². The van der Waals surface area contributed by atoms with Crippen molar-refractivity contribution in [3.05, 3.63) is 53.1 Å². The third kappa shape index (κ3) is 5.47. The zero-order valence-electron chi connectivity index (χ0n) is 16.0. The third-order valence-electron chi connectivity index (χ3n) is 5.39. The molecule has 1 amide bonds. The smallest absolute Gasteiger partial charge is 0.253 e. The van der Waals surface area contributed by atoms with E-state index in [-0.39, 0.29) is 36.8 Å². The molecule has 1 aliphatic carbocycles. The number of pyridine rings is 1. The number of hydrogen-bond donors (Lipinski definition) is 2. The van der Waals surface area contributed by atoms with Gasteiger partial charge in [0.15, 0.2) is 0 Å². The highest BCUT2D eigenvalue weighted by atomic mass is 35.5. The van der Waals surface area contributed by atoms with Gasteiger partial charge in [-0.25, -0.2) is 0 Å². The predicted octanol–water partition coefficient (Wildman–Crippen LogP) is 3.64. The fourth-order valence-corrected chi connectivity index (χ4v) is 3.85. The molecule has 0 aliphatic heterocycles. The molecule has 3 rings (SSSR count). The van der Waals surface area contributed by atoms with E-state index in [9.17, 15) is 4.79 Å². The molecule has 5 nitrogen and oxygen atoms in total. The Morgan fingerprint density at radius 1 is 1.26 bits per heavy atom. The van der Waals surface area contributed by atoms with E-state index < -0.39 is 0 Å². The van der Waals surface area contributed by atoms with Gasteiger partial charge in [0.25, 0.3) is 5.91 Å². The van der Waals surface area contributed by atoms with Gasteiger partial charge in [0, 0.05) is 23.6 Å². The fraction of sp³-hybridized carbons (Fsp3) is 0.500. The number of carbonyl (C=O) groups excluding carboxylic acids is 1. The summed E-state index contributed by atoms with van der Waals surface area (Å²) < 4.78 is 2.15. The topological polar surface area (TPSA) is 72.9 Å². The van der Waals surface area contributed by atoms with Crippen molar-refractivity contribution in [2.45, 2.75) is 52.1 Å². The van der Waals surface area contributed by atoms with Crippen molar-refractivity contribution in [1.29, 1.82) is 0 Å². The SMILES string of the molecule is Cc1cc(C(=O)NC2CCCCC2CN)c(C)n1Cc1ccccn1.Cl.Cl. The number of hydrogen-bond acceptors (Lipinski definition) is 3. The number of halogens is 2. The van der Waals surface area contributed by atoms with Crippen LogP contribution < -0.4 is 11.1 Å². The van der Waals surface area contributed by atoms with E-state index >= 15 is 0 Å². The average molecular weight is 413 g/mol. The average Bonchev–Trinajstić information content (AvgIpc) is 2.91. The highest BCUT2D eigenvalue weighted by molar-refractivity contribution is 5.96. The Morgan fingerprint density at radius 2 is 2.00 bits per heavy atom. The Labute approximate surface area is 173 Å². The second kappa shape index (κ2) is 10.7. The highest BCUT2D eigenvalue weighted by Gasteiger charge is 2.27. The summed E-state index contributed by atoms with van der Waals surface area (Å²) in [4.78, 5) is 17.2. The maximum Gasteiger partial charge on any atom is 0.253 e. The second-order valence-corrected chi connectivity index (χ2v) is 7.05. The molecule has 2 unspecified atom stereocenters. The lowest BCUT2D eigenvalue weighted by molar-refractivity contribution is 0.0907. The van der Waals surface area contributed by atoms with Gasteiger partial charge in [0.1, 0.15) is 0 Å². The molecule has 0 saturated heterocycles. The monoisotopic (exact) mass is 412 g/mol. The van der Waals surface area contributed by atoms with E-state index in [1.54, 1.807) is 6.20 Å². The zero-order chi connectivity index (χ0) is 17.8. The van der Waals surface area contributed by atoms with Crippen molar-refractivity contribution in [2.75, 3.05) is 6.54 Å². The van der Waals surface area contributed by atoms with E-state index in [0.717, 1.165) is 35.5 Å². The summed E-state index contributed by atoms with van der Waals surface area (Å²) in [6.45, 7) is 5.37. The van der Waals surface area contributed by atoms with Crippen molar-refractivity contribution in [3.8, 4) is 0 Å². The number of nitrogens with two attached hydrogens (primary N) is 1. The van der Waals surface area contributed by atoms with Gasteiger partial charge >= 0.3 is 0 Å². The Kier molecular flexibility index (Phi) is 9.30. The molecule has 2 heterocycles. The first kappa shape index (κ1) is 23.5. The minimum Gasteiger partial charge on any atom is -0.349 e. The van der Waals surface area contributed by atoms with Crippen LogP contribution >= 0.6 is 24.8 Å². The summed E-state index contributed by atoms with van der Waals surface area (Å²) in [6.07, 6.45) is 6.32. The van der Waals surface area contributed by atoms with Gasteiger partial charge in [-0.1, -0.05) is 18.9 Å². The molecule has 0 aromatic carbocycles. The Morgan fingerprint density at radius 3 is 2.67 bits per heavy atom. The van der Waals surface area contributed by atoms with Crippen molar-refractivity contribution >= 4 is 30.7 Å². The van der Waals surface area contributed by atoms with Crippen molar-refractivity contribution in [3.63, 3.8) is 0 Å². The Balaban J connectivity index is 0.00000182. The maximum atomic E-state index is 12.8. The van der Waals surface area contributed by atoms with Crippen LogP contribution in [-0.2, 0) is 6.54 Å². The largest absolute Gasteiger partial charge is 0.349 e. The number of aryl methyl sites for hydroxylation is 1. The molecule has 0 bridgehead atoms. The van der Waals surface area contributed by atoms with Gasteiger partial charge in [0.05, 0.1) is 17.8 Å². The van der Waals surface area contributed by atoms with Crippen LogP contribution in [0.25, 0.3) is 0 Å². The molecular weight excluding hydrogens is 383 g/mol. The third-order valence-corrected chi connectivity index (χ3v) is 5.39. The van der Waals surface area contributed by atoms with E-state index in [2.05, 4.69) is 14.9 Å². The lowest BCUT2D eigenvalue weighted by Crippen LogP contribution is -2.44. The zero-order valence-corrected chi connectivity index (χ0v) is 17.6. The van der Waals surface area contributed by atoms with E-state index in [1.807, 2.05) is 38.1 Å². The number of nitrogens with zero attached hydrogens (tertiary/aromatic N) is 2. The van der Waals surface area contributed by atoms with Gasteiger partial charge in [-0.15, -0.1) is 24.8 Å². The van der Waals surface area contributed by atoms with Crippen LogP contribution in [0.1, 0.15) is 53.1 Å². The van der Waals surface area contributed by atoms with Crippen LogP contribution in [0, 0.1) is 19.8 Å². The van der Waals surface area contributed by atoms with Crippen LogP contribution in [0.15, 0.2) is 30.5 Å². The van der Waals surface area contributed by atoms with Gasteiger partial charge < -0.3 is 15.6 Å². The Hall–Kier alpha value is -1.56. The molecule has 7 heteroatoms. The quantitative estimate of drug-likeness (QED) is 0.786. The predicted molar refractivity (Wildman–Crippen MR) is 114 cm³/mol. The molecule has 0 spiro atoms. The molecule has 2 aromatic rings. The molecular formula is C20H30Cl2N4O.